The third-order valence-corrected chi connectivity index (χ3v) is 14.3. The van der Waals surface area contributed by atoms with E-state index in [4.69, 9.17) is 28.4 Å². The van der Waals surface area contributed by atoms with Gasteiger partial charge in [0.05, 0.1) is 42.0 Å². The molecule has 2 aromatic rings. The standard InChI is InChI=1S/C49H69N3O11/c1-13-38-49(9)43(52(47(57)63-49)36-26-51(27-36)39(34-20-16-14-17-21-34)35-22-18-15-19-23-35)30(4)40(54)28(2)25-48(8,58-12)44(31(5)41(55)32(6)45(56)61-38)62-46-42(60-33(7)53)37(50(10)11)24-29(3)59-46/h14-23,28-32,36-39,42-44,46H,13,24-27H2,1-12H3/t28-,29+,30-,31+,32+,37-,38-,42-,43+,44-,46-,48?,49-/m0/s1. The van der Waals surface area contributed by atoms with Crippen molar-refractivity contribution in [1.82, 2.24) is 14.7 Å². The molecule has 0 spiro atoms. The number of hydrogen-bond donors (Lipinski definition) is 0. The smallest absolute Gasteiger partial charge is 0.411 e. The van der Waals surface area contributed by atoms with Crippen molar-refractivity contribution >= 4 is 29.6 Å². The number of amides is 1. The Kier molecular flexibility index (Phi) is 14.9. The molecule has 0 bridgehead atoms. The van der Waals surface area contributed by atoms with E-state index in [0.717, 1.165) is 11.1 Å². The van der Waals surface area contributed by atoms with Crippen LogP contribution in [0.4, 0.5) is 4.79 Å². The highest BCUT2D eigenvalue weighted by atomic mass is 16.7. The third kappa shape index (κ3) is 9.61. The first-order valence-electron chi connectivity index (χ1n) is 22.6. The summed E-state index contributed by atoms with van der Waals surface area (Å²) in [4.78, 5) is 76.6. The van der Waals surface area contributed by atoms with Crippen LogP contribution in [-0.2, 0) is 47.6 Å². The molecule has 63 heavy (non-hydrogen) atoms. The SMILES string of the molecule is CC[C@@H]1OC(=O)[C@H](C)C(=O)[C@@H](C)[C@H](O[C@@H]2O[C@H](C)C[C@H](N(C)C)[C@@H]2OC(C)=O)C(C)(OC)C[C@H](C)C(=O)[C@H](C)[C@H]2N(C3CN(C(c4ccccc4)c4ccccc4)C3)C(=O)O[C@@]12C. The fourth-order valence-electron chi connectivity index (χ4n) is 10.8. The maximum atomic E-state index is 15.1. The molecule has 4 saturated heterocycles. The molecular formula is C49H69N3O11. The number of likely N-dealkylation sites (tertiary alicyclic amines) is 1. The number of hydrogen-bond acceptors (Lipinski definition) is 13. The van der Waals surface area contributed by atoms with Crippen LogP contribution in [0.3, 0.4) is 0 Å². The van der Waals surface area contributed by atoms with Gasteiger partial charge < -0.3 is 33.3 Å². The van der Waals surface area contributed by atoms with Gasteiger partial charge in [0.25, 0.3) is 0 Å². The number of esters is 2. The molecule has 4 aliphatic heterocycles. The monoisotopic (exact) mass is 875 g/mol. The molecule has 0 radical (unpaired) electrons. The number of rotatable bonds is 10. The van der Waals surface area contributed by atoms with Crippen LogP contribution >= 0.6 is 0 Å². The topological polar surface area (TPSA) is 150 Å². The van der Waals surface area contributed by atoms with E-state index in [1.54, 1.807) is 25.7 Å². The minimum absolute atomic E-state index is 0.0651. The predicted octanol–water partition coefficient (Wildman–Crippen LogP) is 6.23. The number of ether oxygens (including phenoxy) is 6. The lowest BCUT2D eigenvalue weighted by Gasteiger charge is -2.50. The fourth-order valence-corrected chi connectivity index (χ4v) is 10.8. The summed E-state index contributed by atoms with van der Waals surface area (Å²) in [5.41, 5.74) is -0.511. The van der Waals surface area contributed by atoms with E-state index in [1.165, 1.54) is 21.0 Å². The Morgan fingerprint density at radius 1 is 0.889 bits per heavy atom. The predicted molar refractivity (Wildman–Crippen MR) is 234 cm³/mol. The van der Waals surface area contributed by atoms with Crippen molar-refractivity contribution in [2.24, 2.45) is 23.7 Å². The van der Waals surface area contributed by atoms with Crippen molar-refractivity contribution in [1.29, 1.82) is 0 Å². The van der Waals surface area contributed by atoms with Gasteiger partial charge in [-0.05, 0) is 72.2 Å². The molecule has 4 fully saturated rings. The van der Waals surface area contributed by atoms with Crippen LogP contribution in [0.1, 0.15) is 98.7 Å². The van der Waals surface area contributed by atoms with Crippen molar-refractivity contribution in [2.45, 2.75) is 148 Å². The van der Waals surface area contributed by atoms with E-state index in [2.05, 4.69) is 29.2 Å². The molecule has 0 N–H and O–H groups in total. The van der Waals surface area contributed by atoms with Crippen LogP contribution in [0.25, 0.3) is 0 Å². The van der Waals surface area contributed by atoms with E-state index >= 15 is 4.79 Å². The summed E-state index contributed by atoms with van der Waals surface area (Å²) in [6, 6.07) is 19.0. The van der Waals surface area contributed by atoms with Crippen LogP contribution in [-0.4, -0.2) is 139 Å². The van der Waals surface area contributed by atoms with E-state index in [1.807, 2.05) is 83.1 Å². The van der Waals surface area contributed by atoms with Gasteiger partial charge in [0.15, 0.2) is 23.8 Å². The van der Waals surface area contributed by atoms with Crippen molar-refractivity contribution in [3.8, 4) is 0 Å². The molecule has 0 aromatic heterocycles. The Bertz CT molecular complexity index is 1900. The lowest BCUT2D eigenvalue weighted by Crippen LogP contribution is -2.66. The summed E-state index contributed by atoms with van der Waals surface area (Å²) in [5, 5.41) is 0. The number of fused-ring (bicyclic) bond motifs is 1. The molecule has 0 saturated carbocycles. The number of ketones is 2. The molecule has 1 amide bonds. The molecule has 13 atom stereocenters. The molecule has 2 aromatic carbocycles. The number of carbonyl (C=O) groups is 5. The van der Waals surface area contributed by atoms with Crippen LogP contribution in [0.2, 0.25) is 0 Å². The van der Waals surface area contributed by atoms with Gasteiger partial charge in [0.1, 0.15) is 17.8 Å². The van der Waals surface area contributed by atoms with E-state index in [-0.39, 0.29) is 42.9 Å². The maximum Gasteiger partial charge on any atom is 0.411 e. The summed E-state index contributed by atoms with van der Waals surface area (Å²) in [6.07, 6.45) is -4.01. The van der Waals surface area contributed by atoms with Gasteiger partial charge in [0, 0.05) is 44.9 Å². The fraction of sp³-hybridized carbons (Fsp3) is 0.653. The van der Waals surface area contributed by atoms with Crippen molar-refractivity contribution in [3.63, 3.8) is 0 Å². The van der Waals surface area contributed by atoms with Gasteiger partial charge >= 0.3 is 18.0 Å². The minimum atomic E-state index is -1.44. The first-order chi connectivity index (χ1) is 29.8. The van der Waals surface area contributed by atoms with Crippen molar-refractivity contribution in [3.05, 3.63) is 71.8 Å². The Labute approximate surface area is 373 Å². The molecule has 4 heterocycles. The number of cyclic esters (lactones) is 1. The highest BCUT2D eigenvalue weighted by molar-refractivity contribution is 6.00. The Morgan fingerprint density at radius 2 is 1.48 bits per heavy atom. The van der Waals surface area contributed by atoms with Crippen molar-refractivity contribution in [2.75, 3.05) is 34.3 Å². The molecule has 0 aliphatic carbocycles. The van der Waals surface area contributed by atoms with E-state index in [0.29, 0.717) is 19.5 Å². The van der Waals surface area contributed by atoms with E-state index in [9.17, 15) is 19.2 Å². The zero-order valence-electron chi connectivity index (χ0n) is 39.1. The molecule has 14 heteroatoms. The number of carbonyl (C=O) groups excluding carboxylic acids is 5. The summed E-state index contributed by atoms with van der Waals surface area (Å²) < 4.78 is 37.9. The number of likely N-dealkylation sites (N-methyl/N-ethyl adjacent to an activating group) is 1. The second kappa shape index (κ2) is 19.5. The van der Waals surface area contributed by atoms with Gasteiger partial charge in [-0.3, -0.25) is 29.0 Å². The summed E-state index contributed by atoms with van der Waals surface area (Å²) in [6.45, 7) is 16.4. The number of methoxy groups -OCH3 is 1. The molecule has 346 valence electrons. The van der Waals surface area contributed by atoms with Crippen LogP contribution in [0.15, 0.2) is 60.7 Å². The summed E-state index contributed by atoms with van der Waals surface area (Å²) >= 11 is 0. The van der Waals surface area contributed by atoms with Gasteiger partial charge in [-0.25, -0.2) is 4.79 Å². The Balaban J connectivity index is 1.36. The number of nitrogens with zero attached hydrogens (tertiary/aromatic N) is 3. The van der Waals surface area contributed by atoms with Crippen LogP contribution < -0.4 is 0 Å². The average molecular weight is 876 g/mol. The lowest BCUT2D eigenvalue weighted by molar-refractivity contribution is -0.298. The normalized spacial score (nSPS) is 36.3. The molecule has 14 nitrogen and oxygen atoms in total. The minimum Gasteiger partial charge on any atom is -0.458 e. The maximum absolute atomic E-state index is 15.1. The van der Waals surface area contributed by atoms with Gasteiger partial charge in [-0.1, -0.05) is 88.4 Å². The first kappa shape index (κ1) is 48.3. The Morgan fingerprint density at radius 3 is 2.00 bits per heavy atom. The van der Waals surface area contributed by atoms with Gasteiger partial charge in [-0.2, -0.15) is 0 Å². The zero-order chi connectivity index (χ0) is 46.1. The highest BCUT2D eigenvalue weighted by Crippen LogP contribution is 2.46. The zero-order valence-corrected chi connectivity index (χ0v) is 39.1. The van der Waals surface area contributed by atoms with Gasteiger partial charge in [0.2, 0.25) is 0 Å². The van der Waals surface area contributed by atoms with Crippen molar-refractivity contribution < 1.29 is 52.4 Å². The van der Waals surface area contributed by atoms with Crippen LogP contribution in [0.5, 0.6) is 0 Å². The molecule has 6 rings (SSSR count). The second-order valence-corrected chi connectivity index (χ2v) is 19.0. The van der Waals surface area contributed by atoms with Crippen LogP contribution in [0, 0.1) is 23.7 Å². The second-order valence-electron chi connectivity index (χ2n) is 19.0. The Hall–Kier alpha value is -4.21. The molecule has 4 aliphatic rings. The largest absolute Gasteiger partial charge is 0.458 e. The highest BCUT2D eigenvalue weighted by Gasteiger charge is 2.63. The van der Waals surface area contributed by atoms with Gasteiger partial charge in [-0.15, -0.1) is 0 Å². The average Bonchev–Trinajstić information content (AvgIpc) is 3.51. The van der Waals surface area contributed by atoms with E-state index < -0.39 is 89.3 Å². The quantitative estimate of drug-likeness (QED) is 0.151. The molecule has 1 unspecified atom stereocenters. The summed E-state index contributed by atoms with van der Waals surface area (Å²) in [7, 11) is 5.27. The third-order valence-electron chi connectivity index (χ3n) is 14.3. The summed E-state index contributed by atoms with van der Waals surface area (Å²) in [5.74, 6) is -5.64. The first-order valence-corrected chi connectivity index (χ1v) is 22.6. The number of Topliss-reactive ketones (excluding diaryl/α,β-unsaturated/α-hetero) is 2. The molecular weight excluding hydrogens is 807 g/mol. The lowest BCUT2D eigenvalue weighted by atomic mass is 9.73. The number of benzene rings is 2.